The van der Waals surface area contributed by atoms with Crippen LogP contribution in [0.3, 0.4) is 0 Å². The first-order chi connectivity index (χ1) is 6.34. The third kappa shape index (κ3) is 4.90. The van der Waals surface area contributed by atoms with E-state index in [1.807, 2.05) is 0 Å². The number of aliphatic hydroxyl groups excluding tert-OH is 3. The summed E-state index contributed by atoms with van der Waals surface area (Å²) in [5.41, 5.74) is 0. The molecule has 0 bridgehead atoms. The fourth-order valence-electron chi connectivity index (χ4n) is 0.652. The smallest absolute Gasteiger partial charge is 0.345 e. The molecule has 0 aromatic carbocycles. The average Bonchev–Trinajstić information content (AvgIpc) is 2.00. The van der Waals surface area contributed by atoms with Gasteiger partial charge in [0.2, 0.25) is 0 Å². The Morgan fingerprint density at radius 1 is 1.21 bits per heavy atom. The molecular formula is C8H14O6. The predicted octanol–water partition coefficient (Wildman–Crippen LogP) is -1.43. The number of ether oxygens (including phenoxy) is 1. The number of carbonyl (C=O) groups excluding carboxylic acids is 2. The van der Waals surface area contributed by atoms with E-state index < -0.39 is 30.3 Å². The maximum absolute atomic E-state index is 10.8. The van der Waals surface area contributed by atoms with Crippen molar-refractivity contribution >= 4 is 11.9 Å². The van der Waals surface area contributed by atoms with Crippen LogP contribution < -0.4 is 0 Å². The maximum atomic E-state index is 10.8. The van der Waals surface area contributed by atoms with E-state index in [4.69, 9.17) is 15.3 Å². The number of carbonyl (C=O) groups is 2. The lowest BCUT2D eigenvalue weighted by Gasteiger charge is -2.11. The summed E-state index contributed by atoms with van der Waals surface area (Å²) in [6.07, 6.45) is -4.30. The summed E-state index contributed by atoms with van der Waals surface area (Å²) in [5.74, 6) is -2.16. The molecule has 0 spiro atoms. The van der Waals surface area contributed by atoms with Gasteiger partial charge in [-0.3, -0.25) is 4.79 Å². The van der Waals surface area contributed by atoms with Crippen LogP contribution in [-0.4, -0.2) is 45.6 Å². The topological polar surface area (TPSA) is 104 Å². The van der Waals surface area contributed by atoms with Crippen LogP contribution in [0.2, 0.25) is 0 Å². The van der Waals surface area contributed by atoms with E-state index in [2.05, 4.69) is 4.74 Å². The Hall–Kier alpha value is -0.980. The quantitative estimate of drug-likeness (QED) is 0.385. The molecule has 0 aliphatic rings. The maximum Gasteiger partial charge on any atom is 0.345 e. The Kier molecular flexibility index (Phi) is 5.29. The van der Waals surface area contributed by atoms with Crippen molar-refractivity contribution in [2.75, 3.05) is 0 Å². The molecule has 0 fully saturated rings. The molecule has 0 aromatic rings. The predicted molar refractivity (Wildman–Crippen MR) is 45.1 cm³/mol. The molecule has 6 nitrogen and oxygen atoms in total. The van der Waals surface area contributed by atoms with E-state index in [0.717, 1.165) is 0 Å². The summed E-state index contributed by atoms with van der Waals surface area (Å²) in [6, 6.07) is 0. The Morgan fingerprint density at radius 3 is 2.07 bits per heavy atom. The molecule has 0 saturated carbocycles. The van der Waals surface area contributed by atoms with Crippen molar-refractivity contribution in [3.63, 3.8) is 0 Å². The molecule has 3 N–H and O–H groups in total. The van der Waals surface area contributed by atoms with Gasteiger partial charge in [-0.2, -0.15) is 0 Å². The monoisotopic (exact) mass is 206 g/mol. The van der Waals surface area contributed by atoms with Crippen LogP contribution in [0, 0.1) is 0 Å². The molecule has 0 saturated heterocycles. The van der Waals surface area contributed by atoms with E-state index >= 15 is 0 Å². The molecule has 0 aromatic heterocycles. The van der Waals surface area contributed by atoms with Crippen molar-refractivity contribution in [1.29, 1.82) is 0 Å². The Morgan fingerprint density at radius 2 is 1.71 bits per heavy atom. The summed E-state index contributed by atoms with van der Waals surface area (Å²) >= 11 is 0. The van der Waals surface area contributed by atoms with E-state index in [1.54, 1.807) is 0 Å². The molecule has 0 aliphatic carbocycles. The van der Waals surface area contributed by atoms with Crippen molar-refractivity contribution in [3.8, 4) is 0 Å². The first kappa shape index (κ1) is 13.0. The third-order valence-corrected chi connectivity index (χ3v) is 1.37. The second-order valence-corrected chi connectivity index (χ2v) is 3.03. The van der Waals surface area contributed by atoms with Crippen molar-refractivity contribution < 1.29 is 29.6 Å². The second-order valence-electron chi connectivity index (χ2n) is 3.03. The fourth-order valence-corrected chi connectivity index (χ4v) is 0.652. The van der Waals surface area contributed by atoms with Gasteiger partial charge in [-0.1, -0.05) is 0 Å². The molecule has 0 rings (SSSR count). The van der Waals surface area contributed by atoms with E-state index in [1.165, 1.54) is 13.8 Å². The number of esters is 2. The minimum Gasteiger partial charge on any atom is -0.393 e. The van der Waals surface area contributed by atoms with Crippen LogP contribution in [0.4, 0.5) is 0 Å². The van der Waals surface area contributed by atoms with Crippen LogP contribution in [0.5, 0.6) is 0 Å². The standard InChI is InChI=1S/C8H14O6/c1-4(9)3-6(11)14-8(13)7(12)5(2)10/h4-5,7,9-10,12H,3H2,1-2H3/t4-,5-,7-/m1/s1. The van der Waals surface area contributed by atoms with E-state index in [9.17, 15) is 9.59 Å². The number of rotatable bonds is 4. The SMILES string of the molecule is C[C@@H](O)CC(=O)OC(=O)[C@H](O)[C@@H](C)O. The molecule has 0 amide bonds. The molecule has 0 radical (unpaired) electrons. The van der Waals surface area contributed by atoms with Crippen LogP contribution in [0.15, 0.2) is 0 Å². The van der Waals surface area contributed by atoms with Crippen molar-refractivity contribution in [3.05, 3.63) is 0 Å². The van der Waals surface area contributed by atoms with Gasteiger partial charge in [0, 0.05) is 0 Å². The Labute approximate surface area is 81.1 Å². The second kappa shape index (κ2) is 5.69. The molecule has 0 heterocycles. The lowest BCUT2D eigenvalue weighted by atomic mass is 10.2. The highest BCUT2D eigenvalue weighted by molar-refractivity contribution is 5.88. The highest BCUT2D eigenvalue weighted by atomic mass is 16.6. The van der Waals surface area contributed by atoms with E-state index in [0.29, 0.717) is 0 Å². The molecule has 14 heavy (non-hydrogen) atoms. The lowest BCUT2D eigenvalue weighted by molar-refractivity contribution is -0.170. The molecule has 0 unspecified atom stereocenters. The van der Waals surface area contributed by atoms with Gasteiger partial charge in [0.1, 0.15) is 0 Å². The summed E-state index contributed by atoms with van der Waals surface area (Å²) in [5, 5.41) is 26.5. The Balaban J connectivity index is 4.00. The zero-order valence-electron chi connectivity index (χ0n) is 8.01. The minimum atomic E-state index is -1.74. The summed E-state index contributed by atoms with van der Waals surface area (Å²) in [4.78, 5) is 21.6. The number of hydrogen-bond acceptors (Lipinski definition) is 6. The van der Waals surface area contributed by atoms with Crippen LogP contribution in [0.25, 0.3) is 0 Å². The number of aliphatic hydroxyl groups is 3. The van der Waals surface area contributed by atoms with Gasteiger partial charge < -0.3 is 20.1 Å². The highest BCUT2D eigenvalue weighted by Gasteiger charge is 2.24. The first-order valence-corrected chi connectivity index (χ1v) is 4.13. The molecule has 6 heteroatoms. The van der Waals surface area contributed by atoms with Crippen LogP contribution in [-0.2, 0) is 14.3 Å². The highest BCUT2D eigenvalue weighted by Crippen LogP contribution is 1.99. The van der Waals surface area contributed by atoms with Gasteiger partial charge >= 0.3 is 11.9 Å². The normalized spacial score (nSPS) is 16.9. The van der Waals surface area contributed by atoms with E-state index in [-0.39, 0.29) is 6.42 Å². The third-order valence-electron chi connectivity index (χ3n) is 1.37. The molecule has 82 valence electrons. The van der Waals surface area contributed by atoms with Gasteiger partial charge in [-0.05, 0) is 13.8 Å². The summed E-state index contributed by atoms with van der Waals surface area (Å²) in [7, 11) is 0. The van der Waals surface area contributed by atoms with Gasteiger partial charge in [-0.15, -0.1) is 0 Å². The zero-order chi connectivity index (χ0) is 11.3. The van der Waals surface area contributed by atoms with Crippen LogP contribution >= 0.6 is 0 Å². The average molecular weight is 206 g/mol. The molecule has 3 atom stereocenters. The van der Waals surface area contributed by atoms with Gasteiger partial charge in [0.05, 0.1) is 18.6 Å². The first-order valence-electron chi connectivity index (χ1n) is 4.13. The fraction of sp³-hybridized carbons (Fsp3) is 0.750. The van der Waals surface area contributed by atoms with Crippen LogP contribution in [0.1, 0.15) is 20.3 Å². The lowest BCUT2D eigenvalue weighted by Crippen LogP contribution is -2.35. The van der Waals surface area contributed by atoms with Gasteiger partial charge in [0.15, 0.2) is 6.10 Å². The minimum absolute atomic E-state index is 0.335. The van der Waals surface area contributed by atoms with Gasteiger partial charge in [-0.25, -0.2) is 4.79 Å². The summed E-state index contributed by atoms with van der Waals surface area (Å²) in [6.45, 7) is 2.54. The number of hydrogen-bond donors (Lipinski definition) is 3. The zero-order valence-corrected chi connectivity index (χ0v) is 8.01. The van der Waals surface area contributed by atoms with Crippen molar-refractivity contribution in [2.24, 2.45) is 0 Å². The van der Waals surface area contributed by atoms with Gasteiger partial charge in [0.25, 0.3) is 0 Å². The molecular weight excluding hydrogens is 192 g/mol. The Bertz CT molecular complexity index is 210. The largest absolute Gasteiger partial charge is 0.393 e. The van der Waals surface area contributed by atoms with Crippen molar-refractivity contribution in [2.45, 2.75) is 38.6 Å². The molecule has 0 aliphatic heterocycles. The summed E-state index contributed by atoms with van der Waals surface area (Å²) < 4.78 is 4.14. The van der Waals surface area contributed by atoms with Crippen molar-refractivity contribution in [1.82, 2.24) is 0 Å².